The highest BCUT2D eigenvalue weighted by Gasteiger charge is 2.33. The van der Waals surface area contributed by atoms with Crippen LogP contribution in [0.1, 0.15) is 28.9 Å². The molecular formula is C17H19ClFN3O. The normalized spacial score (nSPS) is 24.9. The Kier molecular flexibility index (Phi) is 4.15. The zero-order chi connectivity index (χ0) is 16.7. The summed E-state index contributed by atoms with van der Waals surface area (Å²) in [5.41, 5.74) is 2.82. The summed E-state index contributed by atoms with van der Waals surface area (Å²) in [6.45, 7) is 5.67. The fourth-order valence-corrected chi connectivity index (χ4v) is 3.34. The van der Waals surface area contributed by atoms with Gasteiger partial charge in [0.15, 0.2) is 5.69 Å². The number of nitrogens with one attached hydrogen (secondary N) is 1. The van der Waals surface area contributed by atoms with Gasteiger partial charge in [0, 0.05) is 24.9 Å². The Morgan fingerprint density at radius 2 is 2.26 bits per heavy atom. The van der Waals surface area contributed by atoms with E-state index in [-0.39, 0.29) is 17.7 Å². The van der Waals surface area contributed by atoms with Gasteiger partial charge >= 0.3 is 0 Å². The van der Waals surface area contributed by atoms with Crippen molar-refractivity contribution in [2.45, 2.75) is 37.4 Å². The molecule has 1 N–H and O–H groups in total. The van der Waals surface area contributed by atoms with Gasteiger partial charge in [-0.15, -0.1) is 11.6 Å². The Labute approximate surface area is 139 Å². The molecule has 3 rings (SSSR count). The Balaban J connectivity index is 1.85. The van der Waals surface area contributed by atoms with Crippen molar-refractivity contribution in [1.29, 1.82) is 0 Å². The van der Waals surface area contributed by atoms with Gasteiger partial charge in [0.2, 0.25) is 0 Å². The van der Waals surface area contributed by atoms with E-state index in [4.69, 9.17) is 11.6 Å². The van der Waals surface area contributed by atoms with Crippen LogP contribution in [0.3, 0.4) is 0 Å². The number of hydrogen-bond donors (Lipinski definition) is 1. The summed E-state index contributed by atoms with van der Waals surface area (Å²) in [5, 5.41) is 7.56. The second-order valence-corrected chi connectivity index (χ2v) is 6.71. The summed E-state index contributed by atoms with van der Waals surface area (Å²) in [7, 11) is 1.80. The average molecular weight is 336 g/mol. The molecule has 4 nitrogen and oxygen atoms in total. The molecule has 0 saturated heterocycles. The molecule has 0 bridgehead atoms. The Hall–Kier alpha value is -1.88. The Morgan fingerprint density at radius 3 is 3.00 bits per heavy atom. The van der Waals surface area contributed by atoms with Crippen LogP contribution < -0.4 is 5.32 Å². The van der Waals surface area contributed by atoms with Gasteiger partial charge in [0.05, 0.1) is 10.9 Å². The molecule has 0 aliphatic heterocycles. The largest absolute Gasteiger partial charge is 0.346 e. The molecular weight excluding hydrogens is 317 g/mol. The van der Waals surface area contributed by atoms with Gasteiger partial charge in [0.25, 0.3) is 5.91 Å². The lowest BCUT2D eigenvalue weighted by molar-refractivity contribution is 0.0919. The van der Waals surface area contributed by atoms with Gasteiger partial charge in [-0.1, -0.05) is 18.7 Å². The molecule has 1 aromatic heterocycles. The number of alkyl halides is 2. The number of amides is 1. The molecule has 3 atom stereocenters. The van der Waals surface area contributed by atoms with E-state index in [9.17, 15) is 9.18 Å². The first kappa shape index (κ1) is 16.0. The average Bonchev–Trinajstić information content (AvgIpc) is 2.81. The van der Waals surface area contributed by atoms with Gasteiger partial charge in [-0.05, 0) is 30.5 Å². The predicted octanol–water partition coefficient (Wildman–Crippen LogP) is 3.28. The van der Waals surface area contributed by atoms with Crippen molar-refractivity contribution in [3.63, 3.8) is 0 Å². The number of carbonyl (C=O) groups is 1. The molecule has 6 heteroatoms. The van der Waals surface area contributed by atoms with E-state index in [2.05, 4.69) is 17.0 Å². The highest BCUT2D eigenvalue weighted by atomic mass is 35.5. The minimum Gasteiger partial charge on any atom is -0.346 e. The number of rotatable bonds is 2. The van der Waals surface area contributed by atoms with E-state index in [0.717, 1.165) is 16.5 Å². The summed E-state index contributed by atoms with van der Waals surface area (Å²) in [5.74, 6) is -0.324. The van der Waals surface area contributed by atoms with Gasteiger partial charge < -0.3 is 5.32 Å². The zero-order valence-corrected chi connectivity index (χ0v) is 13.9. The van der Waals surface area contributed by atoms with Crippen LogP contribution in [0.5, 0.6) is 0 Å². The first-order valence-corrected chi connectivity index (χ1v) is 8.00. The topological polar surface area (TPSA) is 46.9 Å². The third kappa shape index (κ3) is 2.98. The number of carbonyl (C=O) groups excluding carboxylic acids is 1. The minimum absolute atomic E-state index is 0.155. The number of allylic oxidation sites excluding steroid dienone is 1. The van der Waals surface area contributed by atoms with Gasteiger partial charge in [-0.25, -0.2) is 4.39 Å². The lowest BCUT2D eigenvalue weighted by atomic mass is 9.89. The monoisotopic (exact) mass is 335 g/mol. The Bertz CT molecular complexity index is 785. The summed E-state index contributed by atoms with van der Waals surface area (Å²) in [6, 6.07) is 5.37. The maximum absolute atomic E-state index is 13.8. The second-order valence-electron chi connectivity index (χ2n) is 6.15. The molecule has 1 heterocycles. The number of halogens is 2. The number of fused-ring (bicyclic) bond motifs is 1. The number of hydrogen-bond acceptors (Lipinski definition) is 2. The van der Waals surface area contributed by atoms with Crippen LogP contribution in [0.4, 0.5) is 4.39 Å². The van der Waals surface area contributed by atoms with Crippen molar-refractivity contribution in [3.8, 4) is 0 Å². The van der Waals surface area contributed by atoms with Crippen LogP contribution >= 0.6 is 11.6 Å². The molecule has 1 aliphatic carbocycles. The van der Waals surface area contributed by atoms with E-state index < -0.39 is 12.2 Å². The van der Waals surface area contributed by atoms with Crippen molar-refractivity contribution in [1.82, 2.24) is 15.1 Å². The van der Waals surface area contributed by atoms with E-state index >= 15 is 0 Å². The third-order valence-electron chi connectivity index (χ3n) is 4.34. The third-order valence-corrected chi connectivity index (χ3v) is 4.79. The molecule has 1 fully saturated rings. The molecule has 2 aromatic rings. The molecule has 23 heavy (non-hydrogen) atoms. The zero-order valence-electron chi connectivity index (χ0n) is 13.1. The molecule has 3 unspecified atom stereocenters. The maximum atomic E-state index is 13.8. The van der Waals surface area contributed by atoms with E-state index in [1.54, 1.807) is 11.7 Å². The van der Waals surface area contributed by atoms with Crippen molar-refractivity contribution < 1.29 is 9.18 Å². The Morgan fingerprint density at radius 1 is 1.52 bits per heavy atom. The molecule has 122 valence electrons. The molecule has 1 aliphatic rings. The molecule has 0 radical (unpaired) electrons. The van der Waals surface area contributed by atoms with E-state index in [1.807, 2.05) is 25.1 Å². The fraction of sp³-hybridized carbons (Fsp3) is 0.412. The molecule has 1 saturated carbocycles. The standard InChI is InChI=1S/C17H19ClFN3O/c1-9-4-5-11-15(6-9)22(3)21-16(11)17(23)20-14-8-13(19)10(2)7-12(14)18/h4-6,12-14H,2,7-8H2,1,3H3,(H,20,23). The minimum atomic E-state index is -1.13. The van der Waals surface area contributed by atoms with Crippen LogP contribution in [0, 0.1) is 6.92 Å². The van der Waals surface area contributed by atoms with Crippen molar-refractivity contribution in [2.24, 2.45) is 7.05 Å². The SMILES string of the molecule is C=C1CC(Cl)C(NC(=O)c2nn(C)c3cc(C)ccc23)CC1F. The van der Waals surface area contributed by atoms with Crippen LogP contribution in [0.15, 0.2) is 30.4 Å². The summed E-state index contributed by atoms with van der Waals surface area (Å²) < 4.78 is 15.5. The van der Waals surface area contributed by atoms with Crippen LogP contribution in [0.25, 0.3) is 10.9 Å². The number of aromatic nitrogens is 2. The van der Waals surface area contributed by atoms with Crippen LogP contribution in [-0.4, -0.2) is 33.3 Å². The van der Waals surface area contributed by atoms with Gasteiger partial charge in [-0.3, -0.25) is 9.48 Å². The van der Waals surface area contributed by atoms with Crippen molar-refractivity contribution in [2.75, 3.05) is 0 Å². The van der Waals surface area contributed by atoms with Crippen molar-refractivity contribution >= 4 is 28.4 Å². The summed E-state index contributed by atoms with van der Waals surface area (Å²) in [6.07, 6.45) is -0.600. The predicted molar refractivity (Wildman–Crippen MR) is 89.6 cm³/mol. The quantitative estimate of drug-likeness (QED) is 0.676. The van der Waals surface area contributed by atoms with Crippen LogP contribution in [-0.2, 0) is 7.05 Å². The lowest BCUT2D eigenvalue weighted by Crippen LogP contribution is -2.46. The van der Waals surface area contributed by atoms with Gasteiger partial charge in [-0.2, -0.15) is 5.10 Å². The second kappa shape index (κ2) is 5.96. The molecule has 1 amide bonds. The summed E-state index contributed by atoms with van der Waals surface area (Å²) in [4.78, 5) is 12.6. The molecule has 1 aromatic carbocycles. The number of aryl methyl sites for hydroxylation is 2. The van der Waals surface area contributed by atoms with E-state index in [0.29, 0.717) is 17.7 Å². The molecule has 0 spiro atoms. The summed E-state index contributed by atoms with van der Waals surface area (Å²) >= 11 is 6.25. The first-order chi connectivity index (χ1) is 10.9. The highest BCUT2D eigenvalue weighted by molar-refractivity contribution is 6.21. The van der Waals surface area contributed by atoms with Gasteiger partial charge in [0.1, 0.15) is 6.17 Å². The lowest BCUT2D eigenvalue weighted by Gasteiger charge is -2.31. The maximum Gasteiger partial charge on any atom is 0.272 e. The fourth-order valence-electron chi connectivity index (χ4n) is 2.98. The smallest absolute Gasteiger partial charge is 0.272 e. The number of benzene rings is 1. The number of nitrogens with zero attached hydrogens (tertiary/aromatic N) is 2. The highest BCUT2D eigenvalue weighted by Crippen LogP contribution is 2.29. The van der Waals surface area contributed by atoms with Crippen molar-refractivity contribution in [3.05, 3.63) is 41.6 Å². The first-order valence-electron chi connectivity index (χ1n) is 7.57. The van der Waals surface area contributed by atoms with E-state index in [1.165, 1.54) is 0 Å². The van der Waals surface area contributed by atoms with Crippen LogP contribution in [0.2, 0.25) is 0 Å².